The molecule has 1 aliphatic heterocycles. The van der Waals surface area contributed by atoms with Gasteiger partial charge in [-0.25, -0.2) is 9.78 Å². The smallest absolute Gasteiger partial charge is 0.415 e. The minimum Gasteiger partial charge on any atom is -0.447 e. The van der Waals surface area contributed by atoms with Gasteiger partial charge in [0.05, 0.1) is 29.3 Å². The van der Waals surface area contributed by atoms with Crippen LogP contribution in [-0.2, 0) is 11.8 Å². The number of amides is 1. The molecule has 9 heteroatoms. The molecule has 1 fully saturated rings. The van der Waals surface area contributed by atoms with Crippen LogP contribution in [0.2, 0.25) is 0 Å². The molecule has 0 aromatic carbocycles. The van der Waals surface area contributed by atoms with Crippen LogP contribution < -0.4 is 9.80 Å². The number of pyridine rings is 1. The molecule has 9 nitrogen and oxygen atoms in total. The summed E-state index contributed by atoms with van der Waals surface area (Å²) in [6.07, 6.45) is 3.38. The monoisotopic (exact) mass is 383 g/mol. The highest BCUT2D eigenvalue weighted by atomic mass is 16.6. The first-order valence-electron chi connectivity index (χ1n) is 9.36. The summed E-state index contributed by atoms with van der Waals surface area (Å²) >= 11 is 0. The molecule has 148 valence electrons. The van der Waals surface area contributed by atoms with E-state index in [1.807, 2.05) is 56.0 Å². The third-order valence-electron chi connectivity index (χ3n) is 5.05. The number of hydrogen-bond acceptors (Lipinski definition) is 6. The van der Waals surface area contributed by atoms with Gasteiger partial charge in [0.1, 0.15) is 23.5 Å². The van der Waals surface area contributed by atoms with Crippen molar-refractivity contribution in [2.75, 3.05) is 23.5 Å². The SMILES string of the molecule is Cc1nn(C(C)C)c2c(N(C)c3cnn(C)c3)cc(N3C(=O)OCC3C)nc12. The van der Waals surface area contributed by atoms with Gasteiger partial charge in [0.25, 0.3) is 0 Å². The van der Waals surface area contributed by atoms with Gasteiger partial charge in [-0.05, 0) is 27.7 Å². The van der Waals surface area contributed by atoms with Gasteiger partial charge >= 0.3 is 6.09 Å². The van der Waals surface area contributed by atoms with Gasteiger partial charge in [0.2, 0.25) is 0 Å². The van der Waals surface area contributed by atoms with Crippen molar-refractivity contribution in [3.8, 4) is 0 Å². The average molecular weight is 383 g/mol. The van der Waals surface area contributed by atoms with Gasteiger partial charge in [-0.3, -0.25) is 14.3 Å². The van der Waals surface area contributed by atoms with Gasteiger partial charge in [-0.1, -0.05) is 0 Å². The summed E-state index contributed by atoms with van der Waals surface area (Å²) in [5.41, 5.74) is 4.39. The molecule has 0 radical (unpaired) electrons. The second-order valence-electron chi connectivity index (χ2n) is 7.55. The molecule has 28 heavy (non-hydrogen) atoms. The fraction of sp³-hybridized carbons (Fsp3) is 0.474. The Bertz CT molecular complexity index is 1050. The van der Waals surface area contributed by atoms with Gasteiger partial charge in [-0.15, -0.1) is 0 Å². The highest BCUT2D eigenvalue weighted by molar-refractivity contribution is 5.97. The van der Waals surface area contributed by atoms with E-state index in [1.165, 1.54) is 0 Å². The Morgan fingerprint density at radius 1 is 1.36 bits per heavy atom. The third kappa shape index (κ3) is 2.78. The molecule has 1 unspecified atom stereocenters. The zero-order valence-corrected chi connectivity index (χ0v) is 17.0. The van der Waals surface area contributed by atoms with Gasteiger partial charge in [0.15, 0.2) is 0 Å². The third-order valence-corrected chi connectivity index (χ3v) is 5.05. The van der Waals surface area contributed by atoms with Gasteiger partial charge < -0.3 is 9.64 Å². The van der Waals surface area contributed by atoms with Crippen LogP contribution in [0.1, 0.15) is 32.5 Å². The van der Waals surface area contributed by atoms with E-state index < -0.39 is 0 Å². The van der Waals surface area contributed by atoms with Crippen LogP contribution in [0, 0.1) is 6.92 Å². The molecule has 0 saturated carbocycles. The number of nitrogens with zero attached hydrogens (tertiary/aromatic N) is 7. The van der Waals surface area contributed by atoms with Crippen molar-refractivity contribution in [2.45, 2.75) is 39.8 Å². The number of hydrogen-bond donors (Lipinski definition) is 0. The summed E-state index contributed by atoms with van der Waals surface area (Å²) in [6, 6.07) is 2.02. The zero-order valence-electron chi connectivity index (χ0n) is 17.0. The first-order chi connectivity index (χ1) is 13.3. The predicted octanol–water partition coefficient (Wildman–Crippen LogP) is 3.17. The lowest BCUT2D eigenvalue weighted by Crippen LogP contribution is -2.32. The van der Waals surface area contributed by atoms with E-state index in [-0.39, 0.29) is 18.2 Å². The second kappa shape index (κ2) is 6.50. The molecular weight excluding hydrogens is 358 g/mol. The number of fused-ring (bicyclic) bond motifs is 1. The normalized spacial score (nSPS) is 17.0. The van der Waals surface area contributed by atoms with Crippen LogP contribution in [0.25, 0.3) is 11.0 Å². The van der Waals surface area contributed by atoms with Crippen LogP contribution in [-0.4, -0.2) is 50.3 Å². The molecule has 1 saturated heterocycles. The summed E-state index contributed by atoms with van der Waals surface area (Å²) in [7, 11) is 3.86. The van der Waals surface area contributed by atoms with Crippen molar-refractivity contribution in [1.82, 2.24) is 24.5 Å². The second-order valence-corrected chi connectivity index (χ2v) is 7.55. The Morgan fingerprint density at radius 3 is 2.68 bits per heavy atom. The van der Waals surface area contributed by atoms with Crippen LogP contribution in [0.5, 0.6) is 0 Å². The van der Waals surface area contributed by atoms with Gasteiger partial charge in [0, 0.05) is 32.4 Å². The summed E-state index contributed by atoms with van der Waals surface area (Å²) in [4.78, 5) is 20.7. The fourth-order valence-corrected chi connectivity index (χ4v) is 3.56. The van der Waals surface area contributed by atoms with Crippen molar-refractivity contribution in [3.05, 3.63) is 24.2 Å². The van der Waals surface area contributed by atoms with Crippen molar-refractivity contribution in [3.63, 3.8) is 0 Å². The first kappa shape index (κ1) is 18.3. The maximum atomic E-state index is 12.3. The molecule has 1 aliphatic rings. The largest absolute Gasteiger partial charge is 0.447 e. The molecule has 3 aromatic heterocycles. The lowest BCUT2D eigenvalue weighted by molar-refractivity contribution is 0.179. The molecule has 4 rings (SSSR count). The molecular formula is C19H25N7O2. The summed E-state index contributed by atoms with van der Waals surface area (Å²) < 4.78 is 8.95. The van der Waals surface area contributed by atoms with E-state index in [0.717, 1.165) is 28.1 Å². The van der Waals surface area contributed by atoms with Crippen LogP contribution in [0.15, 0.2) is 18.5 Å². The van der Waals surface area contributed by atoms with E-state index in [4.69, 9.17) is 14.8 Å². The highest BCUT2D eigenvalue weighted by Gasteiger charge is 2.33. The number of anilines is 3. The summed E-state index contributed by atoms with van der Waals surface area (Å²) in [5.74, 6) is 0.569. The molecule has 4 heterocycles. The van der Waals surface area contributed by atoms with Crippen molar-refractivity contribution < 1.29 is 9.53 Å². The molecule has 3 aromatic rings. The first-order valence-corrected chi connectivity index (χ1v) is 9.36. The molecule has 0 spiro atoms. The van der Waals surface area contributed by atoms with E-state index in [1.54, 1.807) is 9.58 Å². The number of rotatable bonds is 4. The molecule has 0 aliphatic carbocycles. The molecule has 1 atom stereocenters. The number of aryl methyl sites for hydroxylation is 2. The van der Waals surface area contributed by atoms with E-state index >= 15 is 0 Å². The maximum Gasteiger partial charge on any atom is 0.415 e. The minimum atomic E-state index is -0.372. The lowest BCUT2D eigenvalue weighted by Gasteiger charge is -2.23. The van der Waals surface area contributed by atoms with Gasteiger partial charge in [-0.2, -0.15) is 10.2 Å². The fourth-order valence-electron chi connectivity index (χ4n) is 3.56. The van der Waals surface area contributed by atoms with Crippen molar-refractivity contribution in [2.24, 2.45) is 7.05 Å². The number of aromatic nitrogens is 5. The Hall–Kier alpha value is -3.10. The number of carbonyl (C=O) groups excluding carboxylic acids is 1. The molecule has 0 N–H and O–H groups in total. The molecule has 1 amide bonds. The summed E-state index contributed by atoms with van der Waals surface area (Å²) in [5, 5.41) is 8.99. The average Bonchev–Trinajstić information content (AvgIpc) is 3.32. The Morgan fingerprint density at radius 2 is 2.11 bits per heavy atom. The van der Waals surface area contributed by atoms with E-state index in [9.17, 15) is 4.79 Å². The van der Waals surface area contributed by atoms with Crippen LogP contribution in [0.4, 0.5) is 22.0 Å². The summed E-state index contributed by atoms with van der Waals surface area (Å²) in [6.45, 7) is 8.43. The number of ether oxygens (including phenoxy) is 1. The maximum absolute atomic E-state index is 12.3. The predicted molar refractivity (Wildman–Crippen MR) is 107 cm³/mol. The van der Waals surface area contributed by atoms with E-state index in [2.05, 4.69) is 18.9 Å². The zero-order chi connectivity index (χ0) is 20.2. The lowest BCUT2D eigenvalue weighted by atomic mass is 10.2. The van der Waals surface area contributed by atoms with Crippen LogP contribution >= 0.6 is 0 Å². The highest BCUT2D eigenvalue weighted by Crippen LogP contribution is 2.37. The van der Waals surface area contributed by atoms with Crippen molar-refractivity contribution in [1.29, 1.82) is 0 Å². The number of carbonyl (C=O) groups is 1. The van der Waals surface area contributed by atoms with Crippen LogP contribution in [0.3, 0.4) is 0 Å². The standard InChI is InChI=1S/C19H25N7O2/c1-11(2)26-18-15(24(6)14-8-20-23(5)9-14)7-16(21-17(18)13(4)22-26)25-12(3)10-28-19(25)27/h7-9,11-12H,10H2,1-6H3. The Kier molecular flexibility index (Phi) is 4.24. The quantitative estimate of drug-likeness (QED) is 0.688. The van der Waals surface area contributed by atoms with Crippen molar-refractivity contribution >= 4 is 34.3 Å². The number of cyclic esters (lactones) is 1. The molecule has 0 bridgehead atoms. The Labute approximate surface area is 163 Å². The minimum absolute atomic E-state index is 0.0746. The Balaban J connectivity index is 1.97. The topological polar surface area (TPSA) is 81.3 Å². The van der Waals surface area contributed by atoms with E-state index in [0.29, 0.717) is 12.4 Å².